The Balaban J connectivity index is 1.34. The van der Waals surface area contributed by atoms with Gasteiger partial charge < -0.3 is 19.9 Å². The second-order valence-electron chi connectivity index (χ2n) is 6.89. The number of anilines is 3. The van der Waals surface area contributed by atoms with Gasteiger partial charge in [-0.2, -0.15) is 0 Å². The molecule has 0 saturated carbocycles. The van der Waals surface area contributed by atoms with Crippen LogP contribution in [0, 0.1) is 0 Å². The number of rotatable bonds is 5. The fraction of sp³-hybridized carbons (Fsp3) is 0.217. The standard InChI is InChI=1S/C23H24N4O2/c1-29-21-11-5-18(6-12-21)23(28)25-19-7-9-20(10-8-19)26-14-16-27(17-15-26)22-4-2-3-13-24-22/h2-13H,14-17H2,1H3,(H,25,28). The van der Waals surface area contributed by atoms with E-state index in [1.165, 1.54) is 0 Å². The molecule has 3 aromatic rings. The highest BCUT2D eigenvalue weighted by molar-refractivity contribution is 6.04. The Hall–Kier alpha value is -3.54. The molecule has 6 heteroatoms. The lowest BCUT2D eigenvalue weighted by Gasteiger charge is -2.36. The van der Waals surface area contributed by atoms with Crippen molar-refractivity contribution >= 4 is 23.1 Å². The smallest absolute Gasteiger partial charge is 0.255 e. The van der Waals surface area contributed by atoms with Crippen molar-refractivity contribution in [2.24, 2.45) is 0 Å². The molecule has 0 unspecified atom stereocenters. The third-order valence-electron chi connectivity index (χ3n) is 5.10. The number of aromatic nitrogens is 1. The molecule has 0 radical (unpaired) electrons. The topological polar surface area (TPSA) is 57.7 Å². The summed E-state index contributed by atoms with van der Waals surface area (Å²) in [4.78, 5) is 21.5. The minimum Gasteiger partial charge on any atom is -0.497 e. The second kappa shape index (κ2) is 8.65. The molecule has 29 heavy (non-hydrogen) atoms. The summed E-state index contributed by atoms with van der Waals surface area (Å²) in [6, 6.07) is 21.1. The lowest BCUT2D eigenvalue weighted by molar-refractivity contribution is 0.102. The van der Waals surface area contributed by atoms with Crippen LogP contribution in [0.15, 0.2) is 72.9 Å². The first-order valence-electron chi connectivity index (χ1n) is 9.69. The highest BCUT2D eigenvalue weighted by atomic mass is 16.5. The number of pyridine rings is 1. The summed E-state index contributed by atoms with van der Waals surface area (Å²) >= 11 is 0. The van der Waals surface area contributed by atoms with Gasteiger partial charge in [-0.15, -0.1) is 0 Å². The number of hydrogen-bond donors (Lipinski definition) is 1. The van der Waals surface area contributed by atoms with Crippen LogP contribution >= 0.6 is 0 Å². The summed E-state index contributed by atoms with van der Waals surface area (Å²) in [7, 11) is 1.61. The molecular formula is C23H24N4O2. The van der Waals surface area contributed by atoms with E-state index in [4.69, 9.17) is 4.74 Å². The first kappa shape index (κ1) is 18.8. The second-order valence-corrected chi connectivity index (χ2v) is 6.89. The Morgan fingerprint density at radius 1 is 0.897 bits per heavy atom. The third kappa shape index (κ3) is 4.48. The molecule has 2 aromatic carbocycles. The maximum Gasteiger partial charge on any atom is 0.255 e. The summed E-state index contributed by atoms with van der Waals surface area (Å²) < 4.78 is 5.13. The van der Waals surface area contributed by atoms with Crippen molar-refractivity contribution in [2.75, 3.05) is 48.4 Å². The number of benzene rings is 2. The Kier molecular flexibility index (Phi) is 5.61. The van der Waals surface area contributed by atoms with E-state index in [0.717, 1.165) is 49.1 Å². The van der Waals surface area contributed by atoms with Gasteiger partial charge in [0.15, 0.2) is 0 Å². The Morgan fingerprint density at radius 2 is 1.59 bits per heavy atom. The molecule has 2 heterocycles. The largest absolute Gasteiger partial charge is 0.497 e. The summed E-state index contributed by atoms with van der Waals surface area (Å²) in [5.74, 6) is 1.63. The first-order chi connectivity index (χ1) is 14.2. The first-order valence-corrected chi connectivity index (χ1v) is 9.69. The minimum atomic E-state index is -0.135. The molecule has 148 valence electrons. The maximum atomic E-state index is 12.4. The fourth-order valence-corrected chi connectivity index (χ4v) is 3.44. The van der Waals surface area contributed by atoms with Gasteiger partial charge in [0.25, 0.3) is 5.91 Å². The summed E-state index contributed by atoms with van der Waals surface area (Å²) in [5.41, 5.74) is 2.54. The number of ether oxygens (including phenoxy) is 1. The van der Waals surface area contributed by atoms with Gasteiger partial charge in [-0.3, -0.25) is 4.79 Å². The van der Waals surface area contributed by atoms with E-state index >= 15 is 0 Å². The van der Waals surface area contributed by atoms with Crippen molar-refractivity contribution in [3.05, 3.63) is 78.5 Å². The summed E-state index contributed by atoms with van der Waals surface area (Å²) in [6.07, 6.45) is 1.83. The SMILES string of the molecule is COc1ccc(C(=O)Nc2ccc(N3CCN(c4ccccn4)CC3)cc2)cc1. The highest BCUT2D eigenvalue weighted by Gasteiger charge is 2.18. The third-order valence-corrected chi connectivity index (χ3v) is 5.10. The van der Waals surface area contributed by atoms with Crippen LogP contribution in [0.2, 0.25) is 0 Å². The Labute approximate surface area is 170 Å². The van der Waals surface area contributed by atoms with E-state index in [2.05, 4.69) is 38.3 Å². The molecule has 0 atom stereocenters. The Bertz CT molecular complexity index is 935. The van der Waals surface area contributed by atoms with Crippen LogP contribution in [0.3, 0.4) is 0 Å². The van der Waals surface area contributed by atoms with Crippen LogP contribution in [0.1, 0.15) is 10.4 Å². The average molecular weight is 388 g/mol. The number of methoxy groups -OCH3 is 1. The van der Waals surface area contributed by atoms with Crippen LogP contribution in [0.5, 0.6) is 5.75 Å². The van der Waals surface area contributed by atoms with Gasteiger partial charge in [-0.25, -0.2) is 4.98 Å². The average Bonchev–Trinajstić information content (AvgIpc) is 2.80. The quantitative estimate of drug-likeness (QED) is 0.723. The van der Waals surface area contributed by atoms with E-state index in [9.17, 15) is 4.79 Å². The molecule has 1 amide bonds. The number of carbonyl (C=O) groups excluding carboxylic acids is 1. The monoisotopic (exact) mass is 388 g/mol. The molecular weight excluding hydrogens is 364 g/mol. The molecule has 1 N–H and O–H groups in total. The van der Waals surface area contributed by atoms with Crippen LogP contribution < -0.4 is 19.9 Å². The normalized spacial score (nSPS) is 13.8. The molecule has 1 aromatic heterocycles. The van der Waals surface area contributed by atoms with Gasteiger partial charge in [-0.1, -0.05) is 6.07 Å². The van der Waals surface area contributed by atoms with E-state index in [1.807, 2.05) is 30.5 Å². The van der Waals surface area contributed by atoms with Gasteiger partial charge >= 0.3 is 0 Å². The van der Waals surface area contributed by atoms with Crippen molar-refractivity contribution in [3.8, 4) is 5.75 Å². The lowest BCUT2D eigenvalue weighted by atomic mass is 10.2. The van der Waals surface area contributed by atoms with Crippen molar-refractivity contribution in [1.82, 2.24) is 4.98 Å². The number of amides is 1. The molecule has 1 saturated heterocycles. The number of hydrogen-bond acceptors (Lipinski definition) is 5. The number of nitrogens with one attached hydrogen (secondary N) is 1. The Morgan fingerprint density at radius 3 is 2.21 bits per heavy atom. The van der Waals surface area contributed by atoms with E-state index in [0.29, 0.717) is 5.56 Å². The zero-order valence-corrected chi connectivity index (χ0v) is 16.4. The van der Waals surface area contributed by atoms with Crippen LogP contribution in [-0.4, -0.2) is 44.2 Å². The fourth-order valence-electron chi connectivity index (χ4n) is 3.44. The van der Waals surface area contributed by atoms with Crippen LogP contribution in [0.25, 0.3) is 0 Å². The number of carbonyl (C=O) groups is 1. The summed E-state index contributed by atoms with van der Waals surface area (Å²) in [6.45, 7) is 3.75. The van der Waals surface area contributed by atoms with Crippen LogP contribution in [-0.2, 0) is 0 Å². The highest BCUT2D eigenvalue weighted by Crippen LogP contribution is 2.22. The van der Waals surface area contributed by atoms with E-state index in [1.54, 1.807) is 31.4 Å². The van der Waals surface area contributed by atoms with Gasteiger partial charge in [0, 0.05) is 49.3 Å². The maximum absolute atomic E-state index is 12.4. The molecule has 0 aliphatic carbocycles. The lowest BCUT2D eigenvalue weighted by Crippen LogP contribution is -2.46. The van der Waals surface area contributed by atoms with Crippen molar-refractivity contribution < 1.29 is 9.53 Å². The van der Waals surface area contributed by atoms with Gasteiger partial charge in [0.1, 0.15) is 11.6 Å². The number of piperazine rings is 1. The van der Waals surface area contributed by atoms with Gasteiger partial charge in [0.2, 0.25) is 0 Å². The molecule has 0 spiro atoms. The molecule has 1 aliphatic rings. The number of nitrogens with zero attached hydrogens (tertiary/aromatic N) is 3. The van der Waals surface area contributed by atoms with E-state index in [-0.39, 0.29) is 5.91 Å². The van der Waals surface area contributed by atoms with Gasteiger partial charge in [-0.05, 0) is 60.7 Å². The van der Waals surface area contributed by atoms with Crippen molar-refractivity contribution in [3.63, 3.8) is 0 Å². The predicted molar refractivity (Wildman–Crippen MR) is 116 cm³/mol. The molecule has 1 aliphatic heterocycles. The van der Waals surface area contributed by atoms with Crippen LogP contribution in [0.4, 0.5) is 17.2 Å². The molecule has 0 bridgehead atoms. The minimum absolute atomic E-state index is 0.135. The van der Waals surface area contributed by atoms with Gasteiger partial charge in [0.05, 0.1) is 7.11 Å². The summed E-state index contributed by atoms with van der Waals surface area (Å²) in [5, 5.41) is 2.94. The molecule has 1 fully saturated rings. The van der Waals surface area contributed by atoms with Crippen molar-refractivity contribution in [2.45, 2.75) is 0 Å². The molecule has 4 rings (SSSR count). The zero-order chi connectivity index (χ0) is 20.1. The predicted octanol–water partition coefficient (Wildman–Crippen LogP) is 3.67. The molecule has 6 nitrogen and oxygen atoms in total. The van der Waals surface area contributed by atoms with Crippen molar-refractivity contribution in [1.29, 1.82) is 0 Å². The zero-order valence-electron chi connectivity index (χ0n) is 16.4. The van der Waals surface area contributed by atoms with E-state index < -0.39 is 0 Å².